The molecule has 1 aliphatic heterocycles. The highest BCUT2D eigenvalue weighted by Gasteiger charge is 2.21. The van der Waals surface area contributed by atoms with E-state index in [1.165, 1.54) is 6.07 Å². The van der Waals surface area contributed by atoms with Crippen molar-refractivity contribution in [3.8, 4) is 0 Å². The third-order valence-electron chi connectivity index (χ3n) is 2.86. The molecule has 0 saturated carbocycles. The number of amides is 1. The lowest BCUT2D eigenvalue weighted by Gasteiger charge is -2.22. The Balaban J connectivity index is 2.02. The molecule has 3 nitrogen and oxygen atoms in total. The molecule has 1 saturated heterocycles. The highest BCUT2D eigenvalue weighted by molar-refractivity contribution is 9.10. The summed E-state index contributed by atoms with van der Waals surface area (Å²) < 4.78 is 14.2. The van der Waals surface area contributed by atoms with E-state index in [1.54, 1.807) is 12.1 Å². The molecule has 1 amide bonds. The molecular formula is C12H14BrFN2O. The average Bonchev–Trinajstić information content (AvgIpc) is 2.34. The molecule has 1 aromatic rings. The molecule has 0 radical (unpaired) electrons. The Morgan fingerprint density at radius 1 is 1.53 bits per heavy atom. The summed E-state index contributed by atoms with van der Waals surface area (Å²) in [5.74, 6) is -0.596. The molecular weight excluding hydrogens is 287 g/mol. The Hall–Kier alpha value is -0.940. The van der Waals surface area contributed by atoms with E-state index in [2.05, 4.69) is 26.6 Å². The van der Waals surface area contributed by atoms with Gasteiger partial charge in [-0.25, -0.2) is 4.39 Å². The van der Waals surface area contributed by atoms with Crippen LogP contribution in [0.25, 0.3) is 0 Å². The summed E-state index contributed by atoms with van der Waals surface area (Å²) in [4.78, 5) is 11.9. The number of anilines is 1. The van der Waals surface area contributed by atoms with Crippen molar-refractivity contribution < 1.29 is 9.18 Å². The van der Waals surface area contributed by atoms with Crippen molar-refractivity contribution in [2.75, 3.05) is 18.4 Å². The van der Waals surface area contributed by atoms with Gasteiger partial charge in [0, 0.05) is 11.0 Å². The highest BCUT2D eigenvalue weighted by Crippen LogP contribution is 2.21. The van der Waals surface area contributed by atoms with E-state index in [9.17, 15) is 9.18 Å². The Kier molecular flexibility index (Phi) is 4.12. The quantitative estimate of drug-likeness (QED) is 0.881. The highest BCUT2D eigenvalue weighted by atomic mass is 79.9. The molecule has 2 rings (SSSR count). The van der Waals surface area contributed by atoms with Crippen molar-refractivity contribution in [1.82, 2.24) is 5.32 Å². The second-order valence-corrected chi connectivity index (χ2v) is 5.07. The van der Waals surface area contributed by atoms with Gasteiger partial charge >= 0.3 is 0 Å². The van der Waals surface area contributed by atoms with E-state index in [0.29, 0.717) is 11.0 Å². The predicted octanol–water partition coefficient (Wildman–Crippen LogP) is 2.53. The van der Waals surface area contributed by atoms with Crippen molar-refractivity contribution in [2.45, 2.75) is 12.8 Å². The van der Waals surface area contributed by atoms with Gasteiger partial charge in [0.2, 0.25) is 5.91 Å². The molecule has 0 aromatic heterocycles. The second kappa shape index (κ2) is 5.60. The van der Waals surface area contributed by atoms with Crippen molar-refractivity contribution in [2.24, 2.45) is 5.92 Å². The summed E-state index contributed by atoms with van der Waals surface area (Å²) in [7, 11) is 0. The SMILES string of the molecule is O=C(Nc1ccc(Br)cc1F)[C@H]1CCCNC1. The van der Waals surface area contributed by atoms with Crippen LogP contribution in [-0.2, 0) is 4.79 Å². The number of halogens is 2. The molecule has 0 unspecified atom stereocenters. The molecule has 1 fully saturated rings. The van der Waals surface area contributed by atoms with Crippen molar-refractivity contribution in [1.29, 1.82) is 0 Å². The number of piperidine rings is 1. The van der Waals surface area contributed by atoms with E-state index in [0.717, 1.165) is 19.4 Å². The predicted molar refractivity (Wildman–Crippen MR) is 68.3 cm³/mol. The molecule has 0 spiro atoms. The monoisotopic (exact) mass is 300 g/mol. The van der Waals surface area contributed by atoms with Gasteiger partial charge in [0.25, 0.3) is 0 Å². The van der Waals surface area contributed by atoms with Crippen LogP contribution in [-0.4, -0.2) is 19.0 Å². The lowest BCUT2D eigenvalue weighted by Crippen LogP contribution is -2.37. The average molecular weight is 301 g/mol. The molecule has 1 atom stereocenters. The van der Waals surface area contributed by atoms with Gasteiger partial charge in [0.15, 0.2) is 0 Å². The molecule has 17 heavy (non-hydrogen) atoms. The maximum absolute atomic E-state index is 13.5. The molecule has 92 valence electrons. The maximum Gasteiger partial charge on any atom is 0.228 e. The van der Waals surface area contributed by atoms with Gasteiger partial charge in [0.1, 0.15) is 5.82 Å². The van der Waals surface area contributed by atoms with Crippen LogP contribution in [0.5, 0.6) is 0 Å². The largest absolute Gasteiger partial charge is 0.323 e. The minimum atomic E-state index is -0.420. The summed E-state index contributed by atoms with van der Waals surface area (Å²) in [5.41, 5.74) is 0.240. The van der Waals surface area contributed by atoms with E-state index in [1.807, 2.05) is 0 Å². The maximum atomic E-state index is 13.5. The number of carbonyl (C=O) groups is 1. The van der Waals surface area contributed by atoms with E-state index < -0.39 is 5.82 Å². The van der Waals surface area contributed by atoms with E-state index in [4.69, 9.17) is 0 Å². The smallest absolute Gasteiger partial charge is 0.228 e. The summed E-state index contributed by atoms with van der Waals surface area (Å²) in [6.07, 6.45) is 1.85. The van der Waals surface area contributed by atoms with Gasteiger partial charge in [-0.1, -0.05) is 15.9 Å². The zero-order valence-corrected chi connectivity index (χ0v) is 10.9. The topological polar surface area (TPSA) is 41.1 Å². The number of carbonyl (C=O) groups excluding carboxylic acids is 1. The first-order chi connectivity index (χ1) is 8.16. The summed E-state index contributed by atoms with van der Waals surface area (Å²) >= 11 is 3.18. The molecule has 2 N–H and O–H groups in total. The first-order valence-corrected chi connectivity index (χ1v) is 6.43. The molecule has 0 aliphatic carbocycles. The third-order valence-corrected chi connectivity index (χ3v) is 3.35. The Labute approximate surface area is 108 Å². The molecule has 1 heterocycles. The van der Waals surface area contributed by atoms with Gasteiger partial charge in [-0.3, -0.25) is 4.79 Å². The standard InChI is InChI=1S/C12H14BrFN2O/c13-9-3-4-11(10(14)6-9)16-12(17)8-2-1-5-15-7-8/h3-4,6,8,15H,1-2,5,7H2,(H,16,17)/t8-/m0/s1. The van der Waals surface area contributed by atoms with Crippen LogP contribution in [0.4, 0.5) is 10.1 Å². The van der Waals surface area contributed by atoms with Crippen LogP contribution >= 0.6 is 15.9 Å². The van der Waals surface area contributed by atoms with Gasteiger partial charge in [-0.2, -0.15) is 0 Å². The first kappa shape index (κ1) is 12.5. The lowest BCUT2D eigenvalue weighted by molar-refractivity contribution is -0.120. The van der Waals surface area contributed by atoms with Crippen LogP contribution in [0.1, 0.15) is 12.8 Å². The molecule has 1 aliphatic rings. The zero-order valence-electron chi connectivity index (χ0n) is 9.30. The van der Waals surface area contributed by atoms with Gasteiger partial charge in [-0.15, -0.1) is 0 Å². The number of rotatable bonds is 2. The van der Waals surface area contributed by atoms with Gasteiger partial charge in [0.05, 0.1) is 11.6 Å². The number of nitrogens with one attached hydrogen (secondary N) is 2. The Morgan fingerprint density at radius 3 is 3.00 bits per heavy atom. The van der Waals surface area contributed by atoms with Crippen LogP contribution in [0.2, 0.25) is 0 Å². The fourth-order valence-corrected chi connectivity index (χ4v) is 2.23. The number of hydrogen-bond acceptors (Lipinski definition) is 2. The van der Waals surface area contributed by atoms with E-state index in [-0.39, 0.29) is 17.5 Å². The Bertz CT molecular complexity index is 419. The second-order valence-electron chi connectivity index (χ2n) is 4.16. The van der Waals surface area contributed by atoms with Crippen LogP contribution in [0.15, 0.2) is 22.7 Å². The summed E-state index contributed by atoms with van der Waals surface area (Å²) in [6.45, 7) is 1.63. The van der Waals surface area contributed by atoms with Crippen molar-refractivity contribution in [3.63, 3.8) is 0 Å². The van der Waals surface area contributed by atoms with E-state index >= 15 is 0 Å². The van der Waals surface area contributed by atoms with Crippen LogP contribution in [0, 0.1) is 11.7 Å². The number of benzene rings is 1. The Morgan fingerprint density at radius 2 is 2.35 bits per heavy atom. The first-order valence-electron chi connectivity index (χ1n) is 5.63. The summed E-state index contributed by atoms with van der Waals surface area (Å²) in [5, 5.41) is 5.80. The molecule has 5 heteroatoms. The molecule has 0 bridgehead atoms. The van der Waals surface area contributed by atoms with Crippen LogP contribution < -0.4 is 10.6 Å². The fraction of sp³-hybridized carbons (Fsp3) is 0.417. The minimum absolute atomic E-state index is 0.0632. The normalized spacial score (nSPS) is 20.0. The summed E-state index contributed by atoms with van der Waals surface area (Å²) in [6, 6.07) is 4.61. The zero-order chi connectivity index (χ0) is 12.3. The van der Waals surface area contributed by atoms with Gasteiger partial charge in [-0.05, 0) is 37.6 Å². The fourth-order valence-electron chi connectivity index (χ4n) is 1.90. The lowest BCUT2D eigenvalue weighted by atomic mass is 9.99. The number of hydrogen-bond donors (Lipinski definition) is 2. The van der Waals surface area contributed by atoms with Crippen LogP contribution in [0.3, 0.4) is 0 Å². The minimum Gasteiger partial charge on any atom is -0.323 e. The third kappa shape index (κ3) is 3.26. The van der Waals surface area contributed by atoms with Gasteiger partial charge < -0.3 is 10.6 Å². The van der Waals surface area contributed by atoms with Crippen molar-refractivity contribution >= 4 is 27.5 Å². The molecule has 1 aromatic carbocycles. The van der Waals surface area contributed by atoms with Crippen molar-refractivity contribution in [3.05, 3.63) is 28.5 Å².